The minimum absolute atomic E-state index is 0.0152. The van der Waals surface area contributed by atoms with Crippen LogP contribution in [-0.4, -0.2) is 52.2 Å². The molecule has 27 heavy (non-hydrogen) atoms. The zero-order chi connectivity index (χ0) is 18.9. The highest BCUT2D eigenvalue weighted by atomic mass is 16.5. The number of ether oxygens (including phenoxy) is 1. The Kier molecular flexibility index (Phi) is 5.02. The lowest BCUT2D eigenvalue weighted by Gasteiger charge is -2.50. The number of hydrogen-bond donors (Lipinski definition) is 1. The topological polar surface area (TPSA) is 59.4 Å². The molecule has 2 aromatic rings. The molecule has 2 aliphatic heterocycles. The van der Waals surface area contributed by atoms with Crippen LogP contribution in [0.25, 0.3) is 0 Å². The van der Waals surface area contributed by atoms with E-state index in [1.165, 1.54) is 11.1 Å². The molecule has 1 amide bonds. The van der Waals surface area contributed by atoms with Gasteiger partial charge in [-0.1, -0.05) is 29.8 Å². The number of benzene rings is 1. The Balaban J connectivity index is 1.25. The van der Waals surface area contributed by atoms with Gasteiger partial charge in [-0.25, -0.2) is 4.98 Å². The third kappa shape index (κ3) is 3.77. The van der Waals surface area contributed by atoms with Crippen molar-refractivity contribution in [3.63, 3.8) is 0 Å². The van der Waals surface area contributed by atoms with E-state index in [0.717, 1.165) is 39.1 Å². The van der Waals surface area contributed by atoms with E-state index in [-0.39, 0.29) is 11.5 Å². The summed E-state index contributed by atoms with van der Waals surface area (Å²) >= 11 is 0. The zero-order valence-corrected chi connectivity index (χ0v) is 16.1. The van der Waals surface area contributed by atoms with Gasteiger partial charge in [-0.05, 0) is 31.2 Å². The molecule has 0 saturated carbocycles. The summed E-state index contributed by atoms with van der Waals surface area (Å²) in [6.45, 7) is 6.56. The molecule has 6 nitrogen and oxygen atoms in total. The first kappa shape index (κ1) is 18.2. The van der Waals surface area contributed by atoms with E-state index in [1.807, 2.05) is 7.05 Å². The monoisotopic (exact) mass is 368 g/mol. The van der Waals surface area contributed by atoms with Gasteiger partial charge in [-0.2, -0.15) is 0 Å². The highest BCUT2D eigenvalue weighted by molar-refractivity contribution is 5.90. The third-order valence-electron chi connectivity index (χ3n) is 5.91. The van der Waals surface area contributed by atoms with Crippen LogP contribution in [0, 0.1) is 12.8 Å². The van der Waals surface area contributed by atoms with Crippen LogP contribution in [0.15, 0.2) is 36.7 Å². The van der Waals surface area contributed by atoms with Gasteiger partial charge < -0.3 is 14.6 Å². The number of rotatable bonds is 6. The number of hydrogen-bond acceptors (Lipinski definition) is 4. The molecule has 0 radical (unpaired) electrons. The Hall–Kier alpha value is -2.18. The molecule has 1 atom stereocenters. The molecule has 0 bridgehead atoms. The van der Waals surface area contributed by atoms with Crippen LogP contribution in [0.5, 0.6) is 0 Å². The predicted molar refractivity (Wildman–Crippen MR) is 103 cm³/mol. The first-order valence-electron chi connectivity index (χ1n) is 9.73. The lowest BCUT2D eigenvalue weighted by atomic mass is 9.78. The van der Waals surface area contributed by atoms with E-state index in [4.69, 9.17) is 4.74 Å². The smallest absolute Gasteiger partial charge is 0.287 e. The quantitative estimate of drug-likeness (QED) is 0.849. The van der Waals surface area contributed by atoms with Gasteiger partial charge >= 0.3 is 0 Å². The zero-order valence-electron chi connectivity index (χ0n) is 16.1. The van der Waals surface area contributed by atoms with Crippen LogP contribution >= 0.6 is 0 Å². The largest absolute Gasteiger partial charge is 0.372 e. The Morgan fingerprint density at radius 2 is 2.11 bits per heavy atom. The molecule has 2 fully saturated rings. The van der Waals surface area contributed by atoms with Gasteiger partial charge in [0, 0.05) is 52.2 Å². The fraction of sp³-hybridized carbons (Fsp3) is 0.524. The van der Waals surface area contributed by atoms with Crippen LogP contribution in [0.3, 0.4) is 0 Å². The fourth-order valence-corrected chi connectivity index (χ4v) is 4.34. The minimum Gasteiger partial charge on any atom is -0.372 e. The molecular formula is C21H28N4O2. The van der Waals surface area contributed by atoms with Crippen molar-refractivity contribution in [1.82, 2.24) is 19.8 Å². The van der Waals surface area contributed by atoms with E-state index in [1.54, 1.807) is 17.0 Å². The minimum atomic E-state index is -0.106. The van der Waals surface area contributed by atoms with Crippen molar-refractivity contribution in [2.24, 2.45) is 13.0 Å². The SMILES string of the molecule is Cc1ccc(CN2CC3(C2)OCC[C@@H]3CCNC(=O)c2nccn2C)cc1. The molecule has 1 aromatic carbocycles. The number of imidazole rings is 1. The molecule has 6 heteroatoms. The van der Waals surface area contributed by atoms with Gasteiger partial charge in [0.1, 0.15) is 0 Å². The summed E-state index contributed by atoms with van der Waals surface area (Å²) in [5.41, 5.74) is 2.64. The Morgan fingerprint density at radius 3 is 2.81 bits per heavy atom. The van der Waals surface area contributed by atoms with Crippen molar-refractivity contribution in [2.45, 2.75) is 31.9 Å². The fourth-order valence-electron chi connectivity index (χ4n) is 4.34. The number of carbonyl (C=O) groups is 1. The standard InChI is InChI=1S/C21H28N4O2/c1-16-3-5-17(6-4-16)13-25-14-21(15-25)18(8-12-27-21)7-9-23-20(26)19-22-10-11-24(19)2/h3-6,10-11,18H,7-9,12-15H2,1-2H3,(H,23,26)/t18-/m0/s1. The number of likely N-dealkylation sites (tertiary alicyclic amines) is 1. The summed E-state index contributed by atoms with van der Waals surface area (Å²) in [6.07, 6.45) is 5.46. The number of nitrogens with one attached hydrogen (secondary N) is 1. The molecule has 2 aliphatic rings. The van der Waals surface area contributed by atoms with Gasteiger partial charge in [0.25, 0.3) is 5.91 Å². The van der Waals surface area contributed by atoms with E-state index in [9.17, 15) is 4.79 Å². The van der Waals surface area contributed by atoms with Crippen LogP contribution in [0.1, 0.15) is 34.6 Å². The average molecular weight is 368 g/mol. The molecule has 2 saturated heterocycles. The van der Waals surface area contributed by atoms with Crippen LogP contribution in [0.2, 0.25) is 0 Å². The maximum atomic E-state index is 12.2. The summed E-state index contributed by atoms with van der Waals surface area (Å²) < 4.78 is 7.89. The second-order valence-electron chi connectivity index (χ2n) is 7.94. The molecule has 144 valence electrons. The second-order valence-corrected chi connectivity index (χ2v) is 7.94. The van der Waals surface area contributed by atoms with Crippen LogP contribution < -0.4 is 5.32 Å². The summed E-state index contributed by atoms with van der Waals surface area (Å²) in [5.74, 6) is 0.860. The van der Waals surface area contributed by atoms with Gasteiger partial charge in [0.15, 0.2) is 5.82 Å². The van der Waals surface area contributed by atoms with Crippen molar-refractivity contribution in [2.75, 3.05) is 26.2 Å². The van der Waals surface area contributed by atoms with E-state index in [0.29, 0.717) is 18.3 Å². The molecule has 0 unspecified atom stereocenters. The lowest BCUT2D eigenvalue weighted by Crippen LogP contribution is -2.64. The Labute approximate surface area is 160 Å². The maximum Gasteiger partial charge on any atom is 0.287 e. The first-order valence-corrected chi connectivity index (χ1v) is 9.73. The van der Waals surface area contributed by atoms with Gasteiger partial charge in [0.2, 0.25) is 0 Å². The molecule has 1 N–H and O–H groups in total. The van der Waals surface area contributed by atoms with Crippen molar-refractivity contribution in [3.05, 3.63) is 53.6 Å². The van der Waals surface area contributed by atoms with Gasteiger partial charge in [-0.15, -0.1) is 0 Å². The van der Waals surface area contributed by atoms with Crippen molar-refractivity contribution in [3.8, 4) is 0 Å². The summed E-state index contributed by atoms with van der Waals surface area (Å²) in [5, 5.41) is 3.00. The highest BCUT2D eigenvalue weighted by Gasteiger charge is 2.52. The number of amides is 1. The molecule has 4 rings (SSSR count). The average Bonchev–Trinajstić information content (AvgIpc) is 3.23. The Morgan fingerprint density at radius 1 is 1.33 bits per heavy atom. The number of nitrogens with zero attached hydrogens (tertiary/aromatic N) is 3. The predicted octanol–water partition coefficient (Wildman–Crippen LogP) is 2.14. The highest BCUT2D eigenvalue weighted by Crippen LogP contribution is 2.42. The molecule has 1 aromatic heterocycles. The van der Waals surface area contributed by atoms with E-state index < -0.39 is 0 Å². The van der Waals surface area contributed by atoms with Crippen LogP contribution in [0.4, 0.5) is 0 Å². The number of carbonyl (C=O) groups excluding carboxylic acids is 1. The van der Waals surface area contributed by atoms with E-state index >= 15 is 0 Å². The second kappa shape index (κ2) is 7.44. The summed E-state index contributed by atoms with van der Waals surface area (Å²) in [4.78, 5) is 18.7. The van der Waals surface area contributed by atoms with Gasteiger partial charge in [-0.3, -0.25) is 9.69 Å². The molecular weight excluding hydrogens is 340 g/mol. The van der Waals surface area contributed by atoms with Gasteiger partial charge in [0.05, 0.1) is 5.60 Å². The number of aryl methyl sites for hydroxylation is 2. The number of aromatic nitrogens is 2. The maximum absolute atomic E-state index is 12.2. The normalized spacial score (nSPS) is 21.3. The van der Waals surface area contributed by atoms with Crippen LogP contribution in [-0.2, 0) is 18.3 Å². The third-order valence-corrected chi connectivity index (χ3v) is 5.91. The molecule has 3 heterocycles. The summed E-state index contributed by atoms with van der Waals surface area (Å²) in [6, 6.07) is 8.76. The Bertz CT molecular complexity index is 793. The van der Waals surface area contributed by atoms with E-state index in [2.05, 4.69) is 46.4 Å². The summed E-state index contributed by atoms with van der Waals surface area (Å²) in [7, 11) is 1.83. The molecule has 0 aliphatic carbocycles. The lowest BCUT2D eigenvalue weighted by molar-refractivity contribution is -0.136. The molecule has 1 spiro atoms. The van der Waals surface area contributed by atoms with Crippen molar-refractivity contribution < 1.29 is 9.53 Å². The first-order chi connectivity index (χ1) is 13.1. The van der Waals surface area contributed by atoms with Crippen molar-refractivity contribution >= 4 is 5.91 Å². The van der Waals surface area contributed by atoms with Crippen molar-refractivity contribution in [1.29, 1.82) is 0 Å².